The van der Waals surface area contributed by atoms with Gasteiger partial charge in [-0.1, -0.05) is 80.6 Å². The Balaban J connectivity index is 1.12. The lowest BCUT2D eigenvalue weighted by Gasteiger charge is -2.27. The number of benzene rings is 3. The summed E-state index contributed by atoms with van der Waals surface area (Å²) in [6.07, 6.45) is 3.76. The van der Waals surface area contributed by atoms with Gasteiger partial charge in [0.1, 0.15) is 24.2 Å². The van der Waals surface area contributed by atoms with E-state index in [-0.39, 0.29) is 24.9 Å². The van der Waals surface area contributed by atoms with Gasteiger partial charge in [-0.3, -0.25) is 9.59 Å². The maximum Gasteiger partial charge on any atom is 0.407 e. The monoisotopic (exact) mass is 790 g/mol. The predicted molar refractivity (Wildman–Crippen MR) is 219 cm³/mol. The van der Waals surface area contributed by atoms with Crippen molar-refractivity contribution in [1.82, 2.24) is 40.4 Å². The number of imidazole rings is 2. The van der Waals surface area contributed by atoms with E-state index in [1.165, 1.54) is 14.2 Å². The number of methoxy groups -OCH3 is 2. The summed E-state index contributed by atoms with van der Waals surface area (Å²) in [6, 6.07) is 24.9. The van der Waals surface area contributed by atoms with E-state index in [4.69, 9.17) is 9.72 Å². The van der Waals surface area contributed by atoms with Crippen LogP contribution in [0.25, 0.3) is 43.0 Å². The highest BCUT2D eigenvalue weighted by atomic mass is 32.1. The predicted octanol–water partition coefficient (Wildman–Crippen LogP) is 7.28. The molecule has 0 saturated heterocycles. The highest BCUT2D eigenvalue weighted by molar-refractivity contribution is 7.22. The molecule has 0 spiro atoms. The van der Waals surface area contributed by atoms with Gasteiger partial charge in [-0.25, -0.2) is 19.6 Å². The van der Waals surface area contributed by atoms with Crippen molar-refractivity contribution < 1.29 is 28.7 Å². The zero-order chi connectivity index (χ0) is 40.3. The van der Waals surface area contributed by atoms with E-state index in [1.54, 1.807) is 39.5 Å². The molecule has 0 radical (unpaired) electrons. The number of H-pyrrole nitrogens is 2. The van der Waals surface area contributed by atoms with Crippen LogP contribution < -0.4 is 10.6 Å². The number of carbonyl (C=O) groups excluding carboxylic acids is 4. The topological polar surface area (TPSA) is 175 Å². The normalized spacial score (nSPS) is 11.5. The lowest BCUT2D eigenvalue weighted by Crippen LogP contribution is -2.43. The van der Waals surface area contributed by atoms with Gasteiger partial charge in [0.25, 0.3) is 0 Å². The highest BCUT2D eigenvalue weighted by Gasteiger charge is 2.28. The van der Waals surface area contributed by atoms with Crippen LogP contribution in [0, 0.1) is 0 Å². The molecular weight excluding hydrogens is 745 g/mol. The molecule has 3 heterocycles. The summed E-state index contributed by atoms with van der Waals surface area (Å²) in [6.45, 7) is 5.38. The van der Waals surface area contributed by atoms with Crippen molar-refractivity contribution in [3.63, 3.8) is 0 Å². The fourth-order valence-electron chi connectivity index (χ4n) is 6.41. The standard InChI is InChI=1S/C42H46N8O6S/c1-5-18-49(38(51)24-45-41(53)55-3)25-36-44-23-33(47-36)30-16-17-31-21-34(57-35(31)20-30)28-14-12-27(13-15-28)32-22-43-37(46-32)26-50(19-6-2)40(52)39(48-42(54)56-4)29-10-8-7-9-11-29/h7-17,20-23,39H,5-6,18-19,24-26H2,1-4H3,(H,43,46)(H,44,47)(H,45,53)(H,48,54)/t39-/m1/s1. The number of aromatic nitrogens is 4. The average molecular weight is 791 g/mol. The number of amides is 4. The van der Waals surface area contributed by atoms with Gasteiger partial charge in [-0.05, 0) is 47.1 Å². The van der Waals surface area contributed by atoms with Crippen LogP contribution in [0.5, 0.6) is 0 Å². The van der Waals surface area contributed by atoms with Gasteiger partial charge in [-0.15, -0.1) is 11.3 Å². The van der Waals surface area contributed by atoms with Crippen molar-refractivity contribution in [2.45, 2.75) is 45.8 Å². The molecule has 0 saturated carbocycles. The third-order valence-corrected chi connectivity index (χ3v) is 10.4. The smallest absolute Gasteiger partial charge is 0.407 e. The molecule has 4 amide bonds. The Morgan fingerprint density at radius 1 is 0.807 bits per heavy atom. The van der Waals surface area contributed by atoms with Crippen molar-refractivity contribution in [3.05, 3.63) is 108 Å². The number of thiophene rings is 1. The summed E-state index contributed by atoms with van der Waals surface area (Å²) in [5, 5.41) is 6.25. The molecule has 15 heteroatoms. The van der Waals surface area contributed by atoms with Crippen LogP contribution in [0.4, 0.5) is 9.59 Å². The van der Waals surface area contributed by atoms with E-state index in [0.29, 0.717) is 36.8 Å². The second-order valence-electron chi connectivity index (χ2n) is 13.3. The number of alkyl carbamates (subject to hydrolysis) is 2. The second kappa shape index (κ2) is 18.9. The lowest BCUT2D eigenvalue weighted by atomic mass is 10.1. The first-order valence-electron chi connectivity index (χ1n) is 18.7. The molecular formula is C42H46N8O6S. The largest absolute Gasteiger partial charge is 0.453 e. The number of hydrogen-bond donors (Lipinski definition) is 4. The Morgan fingerprint density at radius 2 is 1.49 bits per heavy atom. The zero-order valence-electron chi connectivity index (χ0n) is 32.3. The summed E-state index contributed by atoms with van der Waals surface area (Å²) >= 11 is 1.69. The molecule has 0 fully saturated rings. The zero-order valence-corrected chi connectivity index (χ0v) is 33.2. The number of fused-ring (bicyclic) bond motifs is 1. The Morgan fingerprint density at radius 3 is 2.21 bits per heavy atom. The van der Waals surface area contributed by atoms with Crippen LogP contribution in [0.15, 0.2) is 91.3 Å². The first-order chi connectivity index (χ1) is 27.7. The molecule has 57 heavy (non-hydrogen) atoms. The molecule has 0 bridgehead atoms. The van der Waals surface area contributed by atoms with Crippen LogP contribution in [-0.4, -0.2) is 87.6 Å². The molecule has 3 aromatic carbocycles. The minimum absolute atomic E-state index is 0.151. The first-order valence-corrected chi connectivity index (χ1v) is 19.5. The molecule has 0 aliphatic carbocycles. The lowest BCUT2D eigenvalue weighted by molar-refractivity contribution is -0.134. The van der Waals surface area contributed by atoms with Gasteiger partial charge < -0.3 is 39.9 Å². The molecule has 0 unspecified atom stereocenters. The maximum absolute atomic E-state index is 13.8. The van der Waals surface area contributed by atoms with Crippen molar-refractivity contribution in [2.75, 3.05) is 33.9 Å². The third-order valence-electron chi connectivity index (χ3n) is 9.29. The van der Waals surface area contributed by atoms with Gasteiger partial charge in [0.05, 0.1) is 44.9 Å². The van der Waals surface area contributed by atoms with Crippen LogP contribution in [0.1, 0.15) is 49.9 Å². The van der Waals surface area contributed by atoms with E-state index < -0.39 is 18.2 Å². The van der Waals surface area contributed by atoms with E-state index in [1.807, 2.05) is 56.4 Å². The fraction of sp³-hybridized carbons (Fsp3) is 0.286. The fourth-order valence-corrected chi connectivity index (χ4v) is 7.52. The SMILES string of the molecule is CCCN(Cc1nc(-c2ccc3cc(-c4ccc(-c5cnc(CN(CCC)C(=O)[C@H](NC(=O)OC)c6ccccc6)[nH]5)cc4)sc3c2)c[nH]1)C(=O)CNC(=O)OC. The van der Waals surface area contributed by atoms with Crippen molar-refractivity contribution in [3.8, 4) is 33.0 Å². The summed E-state index contributed by atoms with van der Waals surface area (Å²) in [5.41, 5.74) is 5.26. The molecule has 0 aliphatic heterocycles. The molecule has 0 aliphatic rings. The Kier molecular flexibility index (Phi) is 13.3. The number of rotatable bonds is 16. The molecule has 3 aromatic heterocycles. The van der Waals surface area contributed by atoms with Gasteiger partial charge >= 0.3 is 12.2 Å². The van der Waals surface area contributed by atoms with Crippen molar-refractivity contribution in [2.24, 2.45) is 0 Å². The van der Waals surface area contributed by atoms with Crippen LogP contribution in [0.2, 0.25) is 0 Å². The number of carbonyl (C=O) groups is 4. The van der Waals surface area contributed by atoms with E-state index in [9.17, 15) is 19.2 Å². The van der Waals surface area contributed by atoms with E-state index >= 15 is 0 Å². The number of hydrogen-bond acceptors (Lipinski definition) is 9. The summed E-state index contributed by atoms with van der Waals surface area (Å²) in [5.74, 6) is 0.806. The van der Waals surface area contributed by atoms with Crippen molar-refractivity contribution >= 4 is 45.4 Å². The Labute approximate surface area is 334 Å². The summed E-state index contributed by atoms with van der Waals surface area (Å²) in [4.78, 5) is 70.6. The van der Waals surface area contributed by atoms with Crippen LogP contribution in [0.3, 0.4) is 0 Å². The average Bonchev–Trinajstić information content (AvgIpc) is 4.02. The minimum Gasteiger partial charge on any atom is -0.453 e. The molecule has 6 aromatic rings. The number of nitrogens with zero attached hydrogens (tertiary/aromatic N) is 4. The van der Waals surface area contributed by atoms with E-state index in [0.717, 1.165) is 55.9 Å². The van der Waals surface area contributed by atoms with Crippen molar-refractivity contribution in [1.29, 1.82) is 0 Å². The van der Waals surface area contributed by atoms with Gasteiger partial charge in [-0.2, -0.15) is 0 Å². The number of aromatic amines is 2. The molecule has 296 valence electrons. The van der Waals surface area contributed by atoms with Crippen LogP contribution >= 0.6 is 11.3 Å². The summed E-state index contributed by atoms with van der Waals surface area (Å²) in [7, 11) is 2.53. The molecule has 6 rings (SSSR count). The molecule has 4 N–H and O–H groups in total. The quantitative estimate of drug-likeness (QED) is 0.0792. The highest BCUT2D eigenvalue weighted by Crippen LogP contribution is 2.36. The molecule has 14 nitrogen and oxygen atoms in total. The Hall–Kier alpha value is -6.48. The second-order valence-corrected chi connectivity index (χ2v) is 14.4. The van der Waals surface area contributed by atoms with Crippen LogP contribution in [-0.2, 0) is 32.2 Å². The van der Waals surface area contributed by atoms with E-state index in [2.05, 4.69) is 60.7 Å². The summed E-state index contributed by atoms with van der Waals surface area (Å²) < 4.78 is 10.5. The van der Waals surface area contributed by atoms with Gasteiger partial charge in [0.15, 0.2) is 0 Å². The number of nitrogens with one attached hydrogen (secondary N) is 4. The maximum atomic E-state index is 13.8. The first kappa shape index (κ1) is 40.2. The van der Waals surface area contributed by atoms with Gasteiger partial charge in [0, 0.05) is 34.4 Å². The third kappa shape index (κ3) is 10.0. The van der Waals surface area contributed by atoms with Gasteiger partial charge in [0.2, 0.25) is 11.8 Å². The number of ether oxygens (including phenoxy) is 2. The minimum atomic E-state index is -0.902. The Bertz CT molecular complexity index is 2300. The molecule has 1 atom stereocenters.